The molecule has 0 bridgehead atoms. The molecule has 96 valence electrons. The van der Waals surface area contributed by atoms with Crippen molar-refractivity contribution in [2.24, 2.45) is 0 Å². The Hall–Kier alpha value is -0.920. The van der Waals surface area contributed by atoms with Gasteiger partial charge in [-0.25, -0.2) is 13.1 Å². The molecule has 2 heterocycles. The van der Waals surface area contributed by atoms with Crippen LogP contribution in [0.5, 0.6) is 0 Å². The first-order chi connectivity index (χ1) is 8.00. The van der Waals surface area contributed by atoms with Gasteiger partial charge in [-0.2, -0.15) is 0 Å². The number of nitrogens with zero attached hydrogens (tertiary/aromatic N) is 1. The lowest BCUT2D eigenvalue weighted by Crippen LogP contribution is -2.32. The number of sulfonamides is 1. The zero-order valence-corrected chi connectivity index (χ0v) is 10.7. The zero-order chi connectivity index (χ0) is 12.5. The molecule has 1 unspecified atom stereocenters. The lowest BCUT2D eigenvalue weighted by Gasteiger charge is -2.10. The topological polar surface area (TPSA) is 81.4 Å². The van der Waals surface area contributed by atoms with Gasteiger partial charge in [0.25, 0.3) is 0 Å². The van der Waals surface area contributed by atoms with Gasteiger partial charge in [-0.3, -0.25) is 0 Å². The molecule has 1 N–H and O–H groups in total. The van der Waals surface area contributed by atoms with E-state index in [2.05, 4.69) is 9.88 Å². The predicted molar refractivity (Wildman–Crippen MR) is 60.1 cm³/mol. The fourth-order valence-electron chi connectivity index (χ4n) is 1.94. The largest absolute Gasteiger partial charge is 0.377 e. The molecule has 0 saturated carbocycles. The van der Waals surface area contributed by atoms with Gasteiger partial charge in [0.1, 0.15) is 10.6 Å². The molecule has 1 fully saturated rings. The fourth-order valence-corrected chi connectivity index (χ4v) is 3.33. The average Bonchev–Trinajstić information content (AvgIpc) is 2.86. The Balaban J connectivity index is 2.08. The number of hydrogen-bond donors (Lipinski definition) is 1. The van der Waals surface area contributed by atoms with Crippen LogP contribution in [-0.4, -0.2) is 32.8 Å². The molecule has 1 saturated heterocycles. The minimum atomic E-state index is -3.55. The summed E-state index contributed by atoms with van der Waals surface area (Å²) in [6.07, 6.45) is 1.85. The summed E-state index contributed by atoms with van der Waals surface area (Å²) in [5.74, 6) is 0.308. The molecule has 1 aromatic rings. The third-order valence-corrected chi connectivity index (χ3v) is 4.43. The number of ether oxygens (including phenoxy) is 1. The molecule has 1 aromatic heterocycles. The summed E-state index contributed by atoms with van der Waals surface area (Å²) in [5.41, 5.74) is 0.377. The Labute approximate surface area is 100 Å². The molecule has 0 radical (unpaired) electrons. The van der Waals surface area contributed by atoms with E-state index < -0.39 is 10.0 Å². The van der Waals surface area contributed by atoms with Crippen LogP contribution in [0.4, 0.5) is 0 Å². The second-order valence-corrected chi connectivity index (χ2v) is 5.84. The average molecular weight is 260 g/mol. The first-order valence-corrected chi connectivity index (χ1v) is 7.03. The second-order valence-electron chi connectivity index (χ2n) is 4.14. The van der Waals surface area contributed by atoms with E-state index in [0.29, 0.717) is 24.6 Å². The van der Waals surface area contributed by atoms with Crippen LogP contribution in [0.1, 0.15) is 24.3 Å². The third-order valence-electron chi connectivity index (χ3n) is 2.76. The van der Waals surface area contributed by atoms with Crippen molar-refractivity contribution >= 4 is 10.0 Å². The maximum Gasteiger partial charge on any atom is 0.246 e. The summed E-state index contributed by atoms with van der Waals surface area (Å²) < 4.78 is 36.8. The van der Waals surface area contributed by atoms with E-state index in [9.17, 15) is 8.42 Å². The van der Waals surface area contributed by atoms with Crippen LogP contribution in [0.15, 0.2) is 9.42 Å². The van der Waals surface area contributed by atoms with Crippen molar-refractivity contribution in [2.75, 3.05) is 13.2 Å². The van der Waals surface area contributed by atoms with Crippen LogP contribution in [0.2, 0.25) is 0 Å². The predicted octanol–water partition coefficient (Wildman–Crippen LogP) is 0.749. The SMILES string of the molecule is Cc1noc(C)c1S(=O)(=O)NCC1CCCO1. The van der Waals surface area contributed by atoms with Gasteiger partial charge in [-0.1, -0.05) is 5.16 Å². The van der Waals surface area contributed by atoms with E-state index >= 15 is 0 Å². The highest BCUT2D eigenvalue weighted by Crippen LogP contribution is 2.19. The van der Waals surface area contributed by atoms with Gasteiger partial charge in [-0.05, 0) is 26.7 Å². The maximum atomic E-state index is 12.0. The molecular formula is C10H16N2O4S. The fraction of sp³-hybridized carbons (Fsp3) is 0.700. The minimum Gasteiger partial charge on any atom is -0.377 e. The summed E-state index contributed by atoms with van der Waals surface area (Å²) >= 11 is 0. The molecular weight excluding hydrogens is 244 g/mol. The molecule has 6 nitrogen and oxygen atoms in total. The molecule has 1 atom stereocenters. The Morgan fingerprint density at radius 1 is 1.47 bits per heavy atom. The normalized spacial score (nSPS) is 20.9. The van der Waals surface area contributed by atoms with Crippen molar-refractivity contribution in [3.63, 3.8) is 0 Å². The standard InChI is InChI=1S/C10H16N2O4S/c1-7-10(8(2)16-12-7)17(13,14)11-6-9-4-3-5-15-9/h9,11H,3-6H2,1-2H3. The van der Waals surface area contributed by atoms with E-state index in [4.69, 9.17) is 9.26 Å². The number of aromatic nitrogens is 1. The Morgan fingerprint density at radius 2 is 2.24 bits per heavy atom. The van der Waals surface area contributed by atoms with Gasteiger partial charge in [0, 0.05) is 13.2 Å². The summed E-state index contributed by atoms with van der Waals surface area (Å²) in [7, 11) is -3.55. The Morgan fingerprint density at radius 3 is 2.76 bits per heavy atom. The van der Waals surface area contributed by atoms with Crippen molar-refractivity contribution in [1.29, 1.82) is 0 Å². The van der Waals surface area contributed by atoms with Gasteiger partial charge in [0.2, 0.25) is 10.0 Å². The summed E-state index contributed by atoms with van der Waals surface area (Å²) in [6, 6.07) is 0. The number of rotatable bonds is 4. The van der Waals surface area contributed by atoms with Gasteiger partial charge in [0.05, 0.1) is 6.10 Å². The summed E-state index contributed by atoms with van der Waals surface area (Å²) in [5, 5.41) is 3.64. The first-order valence-electron chi connectivity index (χ1n) is 5.55. The van der Waals surface area contributed by atoms with Crippen molar-refractivity contribution in [3.8, 4) is 0 Å². The van der Waals surface area contributed by atoms with E-state index in [0.717, 1.165) is 12.8 Å². The molecule has 0 aliphatic carbocycles. The highest BCUT2D eigenvalue weighted by Gasteiger charge is 2.25. The number of aryl methyl sites for hydroxylation is 2. The van der Waals surface area contributed by atoms with Crippen LogP contribution >= 0.6 is 0 Å². The van der Waals surface area contributed by atoms with E-state index in [1.165, 1.54) is 0 Å². The maximum absolute atomic E-state index is 12.0. The molecule has 7 heteroatoms. The first kappa shape index (κ1) is 12.5. The van der Waals surface area contributed by atoms with Crippen LogP contribution in [0, 0.1) is 13.8 Å². The summed E-state index contributed by atoms with van der Waals surface area (Å²) in [6.45, 7) is 4.20. The van der Waals surface area contributed by atoms with Crippen LogP contribution < -0.4 is 4.72 Å². The lowest BCUT2D eigenvalue weighted by molar-refractivity contribution is 0.114. The van der Waals surface area contributed by atoms with E-state index in [1.54, 1.807) is 13.8 Å². The van der Waals surface area contributed by atoms with Gasteiger partial charge < -0.3 is 9.26 Å². The number of nitrogens with one attached hydrogen (secondary N) is 1. The molecule has 2 rings (SSSR count). The van der Waals surface area contributed by atoms with E-state index in [1.807, 2.05) is 0 Å². The number of hydrogen-bond acceptors (Lipinski definition) is 5. The van der Waals surface area contributed by atoms with Crippen molar-refractivity contribution in [1.82, 2.24) is 9.88 Å². The molecule has 0 aromatic carbocycles. The summed E-state index contributed by atoms with van der Waals surface area (Å²) in [4.78, 5) is 0.135. The van der Waals surface area contributed by atoms with Gasteiger partial charge in [0.15, 0.2) is 5.76 Å². The Bertz CT molecular complexity index is 469. The lowest BCUT2D eigenvalue weighted by atomic mass is 10.2. The third kappa shape index (κ3) is 2.67. The Kier molecular flexibility index (Phi) is 3.50. The smallest absolute Gasteiger partial charge is 0.246 e. The molecule has 1 aliphatic rings. The highest BCUT2D eigenvalue weighted by atomic mass is 32.2. The quantitative estimate of drug-likeness (QED) is 0.864. The van der Waals surface area contributed by atoms with Crippen LogP contribution in [0.25, 0.3) is 0 Å². The van der Waals surface area contributed by atoms with Crippen molar-refractivity contribution < 1.29 is 17.7 Å². The van der Waals surface area contributed by atoms with Gasteiger partial charge in [-0.15, -0.1) is 0 Å². The van der Waals surface area contributed by atoms with Crippen molar-refractivity contribution in [2.45, 2.75) is 37.7 Å². The molecule has 1 aliphatic heterocycles. The van der Waals surface area contributed by atoms with Crippen LogP contribution in [-0.2, 0) is 14.8 Å². The van der Waals surface area contributed by atoms with Crippen molar-refractivity contribution in [3.05, 3.63) is 11.5 Å². The van der Waals surface area contributed by atoms with Gasteiger partial charge >= 0.3 is 0 Å². The minimum absolute atomic E-state index is 0.0229. The monoisotopic (exact) mass is 260 g/mol. The zero-order valence-electron chi connectivity index (χ0n) is 9.89. The van der Waals surface area contributed by atoms with E-state index in [-0.39, 0.29) is 11.0 Å². The second kappa shape index (κ2) is 4.75. The molecule has 0 spiro atoms. The van der Waals surface area contributed by atoms with Crippen LogP contribution in [0.3, 0.4) is 0 Å². The highest BCUT2D eigenvalue weighted by molar-refractivity contribution is 7.89. The molecule has 0 amide bonds. The molecule has 17 heavy (non-hydrogen) atoms.